The number of carboxylic acid groups (broad SMARTS) is 1. The Balaban J connectivity index is 1.98. The van der Waals surface area contributed by atoms with Gasteiger partial charge in [-0.05, 0) is 29.7 Å². The molecule has 0 amide bonds. The van der Waals surface area contributed by atoms with Gasteiger partial charge in [0.15, 0.2) is 0 Å². The number of fused-ring (bicyclic) bond motifs is 1. The molecule has 9 heteroatoms. The van der Waals surface area contributed by atoms with Crippen molar-refractivity contribution in [3.63, 3.8) is 0 Å². The summed E-state index contributed by atoms with van der Waals surface area (Å²) < 4.78 is 45.5. The van der Waals surface area contributed by atoms with Crippen molar-refractivity contribution in [2.75, 3.05) is 13.7 Å². The van der Waals surface area contributed by atoms with Crippen LogP contribution in [-0.2, 0) is 23.0 Å². The largest absolute Gasteiger partial charge is 0.481 e. The molecule has 25 heavy (non-hydrogen) atoms. The highest BCUT2D eigenvalue weighted by atomic mass is 32.2. The van der Waals surface area contributed by atoms with Crippen LogP contribution in [-0.4, -0.2) is 42.4 Å². The Morgan fingerprint density at radius 1 is 1.32 bits per heavy atom. The quantitative estimate of drug-likeness (QED) is 0.884. The van der Waals surface area contributed by atoms with Crippen LogP contribution in [0.25, 0.3) is 0 Å². The fourth-order valence-corrected chi connectivity index (χ4v) is 4.16. The van der Waals surface area contributed by atoms with E-state index in [0.29, 0.717) is 12.0 Å². The maximum absolute atomic E-state index is 13.9. The number of carbonyl (C=O) groups is 1. The lowest BCUT2D eigenvalue weighted by atomic mass is 9.95. The van der Waals surface area contributed by atoms with Crippen molar-refractivity contribution >= 4 is 16.0 Å². The van der Waals surface area contributed by atoms with Gasteiger partial charge < -0.3 is 9.84 Å². The average molecular weight is 366 g/mol. The molecular formula is C16H15FN2O5S. The molecule has 0 bridgehead atoms. The second-order valence-corrected chi connectivity index (χ2v) is 7.43. The van der Waals surface area contributed by atoms with Gasteiger partial charge in [0.25, 0.3) is 0 Å². The summed E-state index contributed by atoms with van der Waals surface area (Å²) in [4.78, 5) is 15.2. The zero-order valence-electron chi connectivity index (χ0n) is 13.3. The summed E-state index contributed by atoms with van der Waals surface area (Å²) in [6.45, 7) is -0.0326. The van der Waals surface area contributed by atoms with E-state index in [1.807, 2.05) is 0 Å². The number of rotatable bonds is 4. The normalized spacial score (nSPS) is 14.8. The fraction of sp³-hybridized carbons (Fsp3) is 0.250. The van der Waals surface area contributed by atoms with Crippen molar-refractivity contribution in [1.82, 2.24) is 9.29 Å². The average Bonchev–Trinajstić information content (AvgIpc) is 2.60. The van der Waals surface area contributed by atoms with E-state index in [0.717, 1.165) is 10.4 Å². The minimum absolute atomic E-state index is 0.0370. The van der Waals surface area contributed by atoms with Crippen molar-refractivity contribution in [3.05, 3.63) is 53.0 Å². The lowest BCUT2D eigenvalue weighted by molar-refractivity contribution is 0.0689. The Morgan fingerprint density at radius 2 is 2.08 bits per heavy atom. The zero-order chi connectivity index (χ0) is 18.2. The maximum Gasteiger partial charge on any atom is 0.339 e. The first-order valence-corrected chi connectivity index (χ1v) is 8.82. The predicted molar refractivity (Wildman–Crippen MR) is 85.4 cm³/mol. The second kappa shape index (κ2) is 6.41. The van der Waals surface area contributed by atoms with Crippen molar-refractivity contribution < 1.29 is 27.4 Å². The van der Waals surface area contributed by atoms with Crippen LogP contribution in [0, 0.1) is 5.82 Å². The van der Waals surface area contributed by atoms with Crippen molar-refractivity contribution in [1.29, 1.82) is 0 Å². The van der Waals surface area contributed by atoms with Crippen LogP contribution >= 0.6 is 0 Å². The molecule has 2 heterocycles. The van der Waals surface area contributed by atoms with Gasteiger partial charge in [0.1, 0.15) is 10.7 Å². The summed E-state index contributed by atoms with van der Waals surface area (Å²) in [6.07, 6.45) is 1.48. The van der Waals surface area contributed by atoms with Crippen LogP contribution in [0.15, 0.2) is 35.4 Å². The minimum Gasteiger partial charge on any atom is -0.481 e. The summed E-state index contributed by atoms with van der Waals surface area (Å²) >= 11 is 0. The minimum atomic E-state index is -3.89. The van der Waals surface area contributed by atoms with E-state index < -0.39 is 27.4 Å². The Morgan fingerprint density at radius 3 is 2.68 bits per heavy atom. The van der Waals surface area contributed by atoms with Crippen LogP contribution < -0.4 is 4.74 Å². The molecule has 132 valence electrons. The maximum atomic E-state index is 13.9. The van der Waals surface area contributed by atoms with E-state index in [1.54, 1.807) is 0 Å². The molecule has 3 rings (SSSR count). The summed E-state index contributed by atoms with van der Waals surface area (Å²) in [6, 6.07) is 5.38. The van der Waals surface area contributed by atoms with Gasteiger partial charge in [0, 0.05) is 19.2 Å². The van der Waals surface area contributed by atoms with Gasteiger partial charge in [-0.3, -0.25) is 0 Å². The lowest BCUT2D eigenvalue weighted by Gasteiger charge is -2.29. The van der Waals surface area contributed by atoms with E-state index in [9.17, 15) is 22.7 Å². The SMILES string of the molecule is COc1ccc(S(=O)(=O)N2CCc3ccc(F)c(C(=O)O)c3C2)cn1. The molecule has 0 atom stereocenters. The molecule has 1 aromatic heterocycles. The monoisotopic (exact) mass is 366 g/mol. The van der Waals surface area contributed by atoms with Crippen molar-refractivity contribution in [2.24, 2.45) is 0 Å². The Bertz CT molecular complexity index is 928. The van der Waals surface area contributed by atoms with E-state index in [1.165, 1.54) is 31.5 Å². The number of nitrogens with zero attached hydrogens (tertiary/aromatic N) is 2. The standard InChI is InChI=1S/C16H15FN2O5S/c1-24-14-5-3-11(8-18-14)25(22,23)19-7-6-10-2-4-13(17)15(16(20)21)12(10)9-19/h2-5,8H,6-7,9H2,1H3,(H,20,21). The van der Waals surface area contributed by atoms with Crippen LogP contribution in [0.4, 0.5) is 4.39 Å². The van der Waals surface area contributed by atoms with Crippen LogP contribution in [0.2, 0.25) is 0 Å². The van der Waals surface area contributed by atoms with Crippen molar-refractivity contribution in [3.8, 4) is 5.88 Å². The molecule has 0 unspecified atom stereocenters. The number of hydrogen-bond acceptors (Lipinski definition) is 5. The third-order valence-electron chi connectivity index (χ3n) is 4.09. The zero-order valence-corrected chi connectivity index (χ0v) is 14.1. The smallest absolute Gasteiger partial charge is 0.339 e. The molecule has 1 aromatic carbocycles. The molecule has 1 aliphatic rings. The molecule has 1 aliphatic heterocycles. The fourth-order valence-electron chi connectivity index (χ4n) is 2.80. The number of ether oxygens (including phenoxy) is 1. The molecule has 0 aliphatic carbocycles. The van der Waals surface area contributed by atoms with Crippen LogP contribution in [0.1, 0.15) is 21.5 Å². The van der Waals surface area contributed by atoms with E-state index in [-0.39, 0.29) is 29.4 Å². The number of methoxy groups -OCH3 is 1. The van der Waals surface area contributed by atoms with E-state index in [4.69, 9.17) is 4.74 Å². The molecule has 0 radical (unpaired) electrons. The number of sulfonamides is 1. The number of pyridine rings is 1. The number of halogens is 1. The third-order valence-corrected chi connectivity index (χ3v) is 5.92. The lowest BCUT2D eigenvalue weighted by Crippen LogP contribution is -2.37. The van der Waals surface area contributed by atoms with Gasteiger partial charge in [0.2, 0.25) is 15.9 Å². The Hall–Kier alpha value is -2.52. The van der Waals surface area contributed by atoms with Crippen LogP contribution in [0.5, 0.6) is 5.88 Å². The summed E-state index contributed by atoms with van der Waals surface area (Å²) in [5, 5.41) is 9.25. The molecule has 1 N–H and O–H groups in total. The third kappa shape index (κ3) is 3.08. The highest BCUT2D eigenvalue weighted by Crippen LogP contribution is 2.29. The molecular weight excluding hydrogens is 351 g/mol. The van der Waals surface area contributed by atoms with Crippen molar-refractivity contribution in [2.45, 2.75) is 17.9 Å². The first-order valence-electron chi connectivity index (χ1n) is 7.38. The van der Waals surface area contributed by atoms with Gasteiger partial charge in [-0.1, -0.05) is 6.07 Å². The number of hydrogen-bond donors (Lipinski definition) is 1. The topological polar surface area (TPSA) is 96.8 Å². The van der Waals surface area contributed by atoms with Gasteiger partial charge in [-0.2, -0.15) is 4.31 Å². The van der Waals surface area contributed by atoms with E-state index >= 15 is 0 Å². The number of carboxylic acids is 1. The first kappa shape index (κ1) is 17.3. The number of aromatic nitrogens is 1. The molecule has 2 aromatic rings. The van der Waals surface area contributed by atoms with Gasteiger partial charge >= 0.3 is 5.97 Å². The highest BCUT2D eigenvalue weighted by Gasteiger charge is 2.32. The summed E-state index contributed by atoms with van der Waals surface area (Å²) in [5.74, 6) is -2.02. The molecule has 0 spiro atoms. The van der Waals surface area contributed by atoms with Gasteiger partial charge in [-0.25, -0.2) is 22.6 Å². The highest BCUT2D eigenvalue weighted by molar-refractivity contribution is 7.89. The molecule has 0 saturated carbocycles. The molecule has 0 saturated heterocycles. The first-order chi connectivity index (χ1) is 11.8. The Kier molecular flexibility index (Phi) is 4.44. The van der Waals surface area contributed by atoms with E-state index in [2.05, 4.69) is 4.98 Å². The summed E-state index contributed by atoms with van der Waals surface area (Å²) in [5.41, 5.74) is 0.340. The van der Waals surface area contributed by atoms with Gasteiger partial charge in [0.05, 0.1) is 18.9 Å². The molecule has 0 fully saturated rings. The summed E-state index contributed by atoms with van der Waals surface area (Å²) in [7, 11) is -2.47. The second-order valence-electron chi connectivity index (χ2n) is 5.49. The molecule has 7 nitrogen and oxygen atoms in total. The predicted octanol–water partition coefficient (Wildman–Crippen LogP) is 1.67. The van der Waals surface area contributed by atoms with Crippen LogP contribution in [0.3, 0.4) is 0 Å². The van der Waals surface area contributed by atoms with Gasteiger partial charge in [-0.15, -0.1) is 0 Å². The number of benzene rings is 1. The number of aromatic carboxylic acids is 1. The Labute approximate surface area is 143 Å².